The first-order valence-corrected chi connectivity index (χ1v) is 5.11. The lowest BCUT2D eigenvalue weighted by Crippen LogP contribution is -2.48. The SMILES string of the molecule is COC1(C)CCCN(C[C@H]2CO2)C1. The number of epoxide rings is 1. The molecule has 2 atom stereocenters. The maximum Gasteiger partial charge on any atom is 0.0936 e. The number of nitrogens with zero attached hydrogens (tertiary/aromatic N) is 1. The molecule has 1 unspecified atom stereocenters. The molecule has 0 spiro atoms. The maximum atomic E-state index is 5.53. The van der Waals surface area contributed by atoms with Crippen LogP contribution in [0.25, 0.3) is 0 Å². The standard InChI is InChI=1S/C10H19NO2/c1-10(12-2)4-3-5-11(8-10)6-9-7-13-9/h9H,3-8H2,1-2H3/t9-,10?/m0/s1. The molecule has 2 aliphatic rings. The second kappa shape index (κ2) is 3.56. The summed E-state index contributed by atoms with van der Waals surface area (Å²) in [6.45, 7) is 6.52. The average molecular weight is 185 g/mol. The van der Waals surface area contributed by atoms with Crippen LogP contribution in [-0.4, -0.2) is 50.0 Å². The van der Waals surface area contributed by atoms with Crippen molar-refractivity contribution in [1.82, 2.24) is 4.90 Å². The van der Waals surface area contributed by atoms with Gasteiger partial charge in [-0.05, 0) is 26.3 Å². The van der Waals surface area contributed by atoms with Gasteiger partial charge in [0.25, 0.3) is 0 Å². The number of hydrogen-bond acceptors (Lipinski definition) is 3. The van der Waals surface area contributed by atoms with Gasteiger partial charge in [-0.25, -0.2) is 0 Å². The third-order valence-electron chi connectivity index (χ3n) is 3.10. The van der Waals surface area contributed by atoms with Crippen molar-refractivity contribution >= 4 is 0 Å². The number of piperidine rings is 1. The Morgan fingerprint density at radius 1 is 1.62 bits per heavy atom. The van der Waals surface area contributed by atoms with Gasteiger partial charge in [-0.1, -0.05) is 0 Å². The Morgan fingerprint density at radius 2 is 2.38 bits per heavy atom. The monoisotopic (exact) mass is 185 g/mol. The topological polar surface area (TPSA) is 25.0 Å². The van der Waals surface area contributed by atoms with E-state index in [0.29, 0.717) is 6.10 Å². The van der Waals surface area contributed by atoms with E-state index in [1.807, 2.05) is 7.11 Å². The number of methoxy groups -OCH3 is 1. The smallest absolute Gasteiger partial charge is 0.0936 e. The zero-order valence-corrected chi connectivity index (χ0v) is 8.58. The van der Waals surface area contributed by atoms with Gasteiger partial charge >= 0.3 is 0 Å². The molecule has 13 heavy (non-hydrogen) atoms. The first-order valence-electron chi connectivity index (χ1n) is 5.11. The number of ether oxygens (including phenoxy) is 2. The van der Waals surface area contributed by atoms with Crippen molar-refractivity contribution in [1.29, 1.82) is 0 Å². The fourth-order valence-electron chi connectivity index (χ4n) is 2.09. The van der Waals surface area contributed by atoms with Gasteiger partial charge < -0.3 is 9.47 Å². The molecule has 2 heterocycles. The van der Waals surface area contributed by atoms with E-state index in [0.717, 1.165) is 19.7 Å². The predicted octanol–water partition coefficient (Wildman–Crippen LogP) is 0.886. The van der Waals surface area contributed by atoms with Crippen LogP contribution in [0.1, 0.15) is 19.8 Å². The molecule has 2 aliphatic heterocycles. The van der Waals surface area contributed by atoms with Crippen molar-refractivity contribution in [3.63, 3.8) is 0 Å². The lowest BCUT2D eigenvalue weighted by molar-refractivity contribution is -0.0516. The van der Waals surface area contributed by atoms with Gasteiger partial charge in [0.05, 0.1) is 18.3 Å². The molecule has 0 bridgehead atoms. The zero-order valence-electron chi connectivity index (χ0n) is 8.58. The Balaban J connectivity index is 1.83. The Bertz CT molecular complexity index is 182. The normalized spacial score (nSPS) is 40.6. The van der Waals surface area contributed by atoms with Gasteiger partial charge in [0.1, 0.15) is 0 Å². The summed E-state index contributed by atoms with van der Waals surface area (Å²) in [7, 11) is 1.82. The highest BCUT2D eigenvalue weighted by atomic mass is 16.6. The molecule has 0 aromatic carbocycles. The van der Waals surface area contributed by atoms with Crippen molar-refractivity contribution in [3.8, 4) is 0 Å². The summed E-state index contributed by atoms with van der Waals surface area (Å²) in [5, 5.41) is 0. The van der Waals surface area contributed by atoms with Gasteiger partial charge in [0.15, 0.2) is 0 Å². The maximum absolute atomic E-state index is 5.53. The number of hydrogen-bond donors (Lipinski definition) is 0. The Kier molecular flexibility index (Phi) is 2.58. The molecule has 0 aliphatic carbocycles. The fraction of sp³-hybridized carbons (Fsp3) is 1.00. The molecule has 0 radical (unpaired) electrons. The highest BCUT2D eigenvalue weighted by Gasteiger charge is 2.34. The fourth-order valence-corrected chi connectivity index (χ4v) is 2.09. The molecular weight excluding hydrogens is 166 g/mol. The van der Waals surface area contributed by atoms with Crippen LogP contribution in [0, 0.1) is 0 Å². The molecule has 3 heteroatoms. The lowest BCUT2D eigenvalue weighted by Gasteiger charge is -2.39. The first kappa shape index (κ1) is 9.44. The first-order chi connectivity index (χ1) is 6.22. The van der Waals surface area contributed by atoms with Crippen molar-refractivity contribution in [2.75, 3.05) is 33.4 Å². The van der Waals surface area contributed by atoms with Crippen LogP contribution in [-0.2, 0) is 9.47 Å². The Labute approximate surface area is 80.0 Å². The van der Waals surface area contributed by atoms with E-state index < -0.39 is 0 Å². The van der Waals surface area contributed by atoms with Crippen molar-refractivity contribution in [2.45, 2.75) is 31.5 Å². The minimum absolute atomic E-state index is 0.0765. The second-order valence-corrected chi connectivity index (χ2v) is 4.45. The molecule has 2 fully saturated rings. The van der Waals surface area contributed by atoms with E-state index in [1.165, 1.54) is 19.4 Å². The molecule has 2 rings (SSSR count). The molecule has 0 amide bonds. The molecule has 0 aromatic heterocycles. The third-order valence-corrected chi connectivity index (χ3v) is 3.10. The van der Waals surface area contributed by atoms with E-state index in [4.69, 9.17) is 9.47 Å². The molecular formula is C10H19NO2. The average Bonchev–Trinajstić information content (AvgIpc) is 2.89. The molecule has 76 valence electrons. The largest absolute Gasteiger partial charge is 0.377 e. The highest BCUT2D eigenvalue weighted by molar-refractivity contribution is 4.87. The van der Waals surface area contributed by atoms with E-state index in [1.54, 1.807) is 0 Å². The van der Waals surface area contributed by atoms with Gasteiger partial charge in [-0.3, -0.25) is 4.90 Å². The summed E-state index contributed by atoms with van der Waals surface area (Å²) in [4.78, 5) is 2.46. The third kappa shape index (κ3) is 2.42. The predicted molar refractivity (Wildman–Crippen MR) is 50.8 cm³/mol. The Hall–Kier alpha value is -0.120. The summed E-state index contributed by atoms with van der Waals surface area (Å²) in [5.41, 5.74) is 0.0765. The molecule has 0 saturated carbocycles. The lowest BCUT2D eigenvalue weighted by atomic mass is 9.95. The summed E-state index contributed by atoms with van der Waals surface area (Å²) < 4.78 is 10.8. The van der Waals surface area contributed by atoms with Gasteiger partial charge in [-0.2, -0.15) is 0 Å². The second-order valence-electron chi connectivity index (χ2n) is 4.45. The van der Waals surface area contributed by atoms with Gasteiger partial charge in [0.2, 0.25) is 0 Å². The Morgan fingerprint density at radius 3 is 3.00 bits per heavy atom. The summed E-state index contributed by atoms with van der Waals surface area (Å²) >= 11 is 0. The minimum atomic E-state index is 0.0765. The van der Waals surface area contributed by atoms with Crippen LogP contribution in [0.4, 0.5) is 0 Å². The molecule has 0 aromatic rings. The highest BCUT2D eigenvalue weighted by Crippen LogP contribution is 2.25. The van der Waals surface area contributed by atoms with Crippen LogP contribution in [0.5, 0.6) is 0 Å². The van der Waals surface area contributed by atoms with E-state index in [2.05, 4.69) is 11.8 Å². The summed E-state index contributed by atoms with van der Waals surface area (Å²) in [5.74, 6) is 0. The van der Waals surface area contributed by atoms with E-state index >= 15 is 0 Å². The van der Waals surface area contributed by atoms with Crippen molar-refractivity contribution in [2.24, 2.45) is 0 Å². The minimum Gasteiger partial charge on any atom is -0.377 e. The van der Waals surface area contributed by atoms with Crippen LogP contribution in [0.15, 0.2) is 0 Å². The van der Waals surface area contributed by atoms with Crippen molar-refractivity contribution < 1.29 is 9.47 Å². The summed E-state index contributed by atoms with van der Waals surface area (Å²) in [6.07, 6.45) is 2.95. The number of likely N-dealkylation sites (tertiary alicyclic amines) is 1. The van der Waals surface area contributed by atoms with Crippen LogP contribution >= 0.6 is 0 Å². The molecule has 2 saturated heterocycles. The molecule has 0 N–H and O–H groups in total. The van der Waals surface area contributed by atoms with E-state index in [9.17, 15) is 0 Å². The summed E-state index contributed by atoms with van der Waals surface area (Å²) in [6, 6.07) is 0. The number of rotatable bonds is 3. The van der Waals surface area contributed by atoms with Crippen LogP contribution in [0.2, 0.25) is 0 Å². The zero-order chi connectivity index (χ0) is 9.31. The quantitative estimate of drug-likeness (QED) is 0.610. The van der Waals surface area contributed by atoms with Crippen LogP contribution < -0.4 is 0 Å². The van der Waals surface area contributed by atoms with Crippen LogP contribution in [0.3, 0.4) is 0 Å². The van der Waals surface area contributed by atoms with E-state index in [-0.39, 0.29) is 5.60 Å². The molecule has 3 nitrogen and oxygen atoms in total. The van der Waals surface area contributed by atoms with Gasteiger partial charge in [0, 0.05) is 20.2 Å². The van der Waals surface area contributed by atoms with Crippen molar-refractivity contribution in [3.05, 3.63) is 0 Å². The van der Waals surface area contributed by atoms with Gasteiger partial charge in [-0.15, -0.1) is 0 Å².